The Balaban J connectivity index is 1.31. The first kappa shape index (κ1) is 20.6. The minimum absolute atomic E-state index is 0.0812. The van der Waals surface area contributed by atoms with E-state index in [1.807, 2.05) is 24.3 Å². The Morgan fingerprint density at radius 3 is 2.52 bits per heavy atom. The van der Waals surface area contributed by atoms with E-state index in [0.29, 0.717) is 17.4 Å². The van der Waals surface area contributed by atoms with Gasteiger partial charge in [-0.3, -0.25) is 19.6 Å². The number of aryl methyl sites for hydroxylation is 1. The second-order valence-electron chi connectivity index (χ2n) is 7.80. The number of carboxylic acids is 1. The monoisotopic (exact) mass is 424 g/mol. The van der Waals surface area contributed by atoms with Gasteiger partial charge in [-0.2, -0.15) is 5.10 Å². The van der Waals surface area contributed by atoms with Gasteiger partial charge in [-0.05, 0) is 55.2 Å². The van der Waals surface area contributed by atoms with E-state index in [2.05, 4.69) is 25.9 Å². The SMILES string of the molecule is Cn1ccc(Nc2nnc(C(=O)Nc3ccc([C@H]4CC[C@H](CC(=O)O)CC4)cc3)o2)n1. The molecule has 1 aliphatic carbocycles. The third-order valence-corrected chi connectivity index (χ3v) is 5.52. The number of nitrogens with one attached hydrogen (secondary N) is 2. The lowest BCUT2D eigenvalue weighted by Gasteiger charge is -2.28. The van der Waals surface area contributed by atoms with Crippen molar-refractivity contribution < 1.29 is 19.1 Å². The highest BCUT2D eigenvalue weighted by atomic mass is 16.4. The first-order valence-corrected chi connectivity index (χ1v) is 10.2. The Morgan fingerprint density at radius 2 is 1.87 bits per heavy atom. The van der Waals surface area contributed by atoms with Crippen LogP contribution in [0, 0.1) is 5.92 Å². The first-order valence-electron chi connectivity index (χ1n) is 10.2. The van der Waals surface area contributed by atoms with Crippen LogP contribution >= 0.6 is 0 Å². The zero-order valence-electron chi connectivity index (χ0n) is 17.1. The molecule has 1 fully saturated rings. The van der Waals surface area contributed by atoms with E-state index in [1.165, 1.54) is 5.56 Å². The van der Waals surface area contributed by atoms with Gasteiger partial charge in [0.05, 0.1) is 0 Å². The van der Waals surface area contributed by atoms with Crippen molar-refractivity contribution in [1.82, 2.24) is 20.0 Å². The molecular formula is C21H24N6O4. The number of hydrogen-bond donors (Lipinski definition) is 3. The number of hydrogen-bond acceptors (Lipinski definition) is 7. The van der Waals surface area contributed by atoms with Crippen LogP contribution < -0.4 is 10.6 Å². The molecule has 3 aromatic rings. The number of carbonyl (C=O) groups is 2. The summed E-state index contributed by atoms with van der Waals surface area (Å²) in [4.78, 5) is 23.3. The molecule has 3 N–H and O–H groups in total. The molecule has 10 heteroatoms. The minimum Gasteiger partial charge on any atom is -0.481 e. The van der Waals surface area contributed by atoms with Gasteiger partial charge in [0.15, 0.2) is 5.82 Å². The summed E-state index contributed by atoms with van der Waals surface area (Å²) in [6, 6.07) is 9.52. The van der Waals surface area contributed by atoms with E-state index in [9.17, 15) is 9.59 Å². The van der Waals surface area contributed by atoms with Gasteiger partial charge >= 0.3 is 23.8 Å². The van der Waals surface area contributed by atoms with Gasteiger partial charge in [0.2, 0.25) is 0 Å². The number of rotatable bonds is 7. The quantitative estimate of drug-likeness (QED) is 0.524. The molecule has 0 bridgehead atoms. The predicted molar refractivity (Wildman–Crippen MR) is 112 cm³/mol. The summed E-state index contributed by atoms with van der Waals surface area (Å²) >= 11 is 0. The average molecular weight is 424 g/mol. The molecule has 0 radical (unpaired) electrons. The molecular weight excluding hydrogens is 400 g/mol. The van der Waals surface area contributed by atoms with Crippen molar-refractivity contribution >= 4 is 29.4 Å². The Bertz CT molecular complexity index is 1050. The number of anilines is 3. The fourth-order valence-electron chi connectivity index (χ4n) is 3.93. The molecule has 31 heavy (non-hydrogen) atoms. The lowest BCUT2D eigenvalue weighted by molar-refractivity contribution is -0.138. The Morgan fingerprint density at radius 1 is 1.13 bits per heavy atom. The number of benzene rings is 1. The van der Waals surface area contributed by atoms with E-state index < -0.39 is 11.9 Å². The van der Waals surface area contributed by atoms with E-state index in [0.717, 1.165) is 25.7 Å². The number of carbonyl (C=O) groups excluding carboxylic acids is 1. The summed E-state index contributed by atoms with van der Waals surface area (Å²) in [5.74, 6) is -0.136. The highest BCUT2D eigenvalue weighted by molar-refractivity contribution is 6.00. The Kier molecular flexibility index (Phi) is 5.96. The maximum absolute atomic E-state index is 12.4. The van der Waals surface area contributed by atoms with Crippen LogP contribution in [0.15, 0.2) is 40.9 Å². The fraction of sp³-hybridized carbons (Fsp3) is 0.381. The number of nitrogens with zero attached hydrogens (tertiary/aromatic N) is 4. The van der Waals surface area contributed by atoms with Gasteiger partial charge in [-0.15, -0.1) is 5.10 Å². The second kappa shape index (κ2) is 8.99. The molecule has 0 aliphatic heterocycles. The summed E-state index contributed by atoms with van der Waals surface area (Å²) in [5.41, 5.74) is 1.83. The Labute approximate surface area is 178 Å². The van der Waals surface area contributed by atoms with Crippen molar-refractivity contribution in [1.29, 1.82) is 0 Å². The topological polar surface area (TPSA) is 135 Å². The van der Waals surface area contributed by atoms with Crippen molar-refractivity contribution in [2.24, 2.45) is 13.0 Å². The zero-order valence-corrected chi connectivity index (χ0v) is 17.1. The smallest absolute Gasteiger partial charge is 0.321 e. The first-order chi connectivity index (χ1) is 15.0. The van der Waals surface area contributed by atoms with Crippen LogP contribution in [0.25, 0.3) is 0 Å². The average Bonchev–Trinajstić information content (AvgIpc) is 3.38. The summed E-state index contributed by atoms with van der Waals surface area (Å²) in [5, 5.41) is 26.2. The second-order valence-corrected chi connectivity index (χ2v) is 7.80. The summed E-state index contributed by atoms with van der Waals surface area (Å²) in [7, 11) is 1.79. The van der Waals surface area contributed by atoms with Gasteiger partial charge < -0.3 is 14.8 Å². The molecule has 1 aliphatic rings. The molecule has 1 amide bonds. The fourth-order valence-corrected chi connectivity index (χ4v) is 3.93. The van der Waals surface area contributed by atoms with Crippen LogP contribution in [0.4, 0.5) is 17.5 Å². The van der Waals surface area contributed by atoms with E-state index >= 15 is 0 Å². The molecule has 0 spiro atoms. The number of carboxylic acid groups (broad SMARTS) is 1. The van der Waals surface area contributed by atoms with Crippen LogP contribution in [-0.2, 0) is 11.8 Å². The molecule has 10 nitrogen and oxygen atoms in total. The van der Waals surface area contributed by atoms with Crippen LogP contribution in [0.1, 0.15) is 54.3 Å². The van der Waals surface area contributed by atoms with Crippen molar-refractivity contribution in [3.05, 3.63) is 48.0 Å². The van der Waals surface area contributed by atoms with E-state index in [1.54, 1.807) is 24.0 Å². The van der Waals surface area contributed by atoms with Crippen molar-refractivity contribution in [2.75, 3.05) is 10.6 Å². The molecule has 0 unspecified atom stereocenters. The third-order valence-electron chi connectivity index (χ3n) is 5.52. The highest BCUT2D eigenvalue weighted by Gasteiger charge is 2.24. The minimum atomic E-state index is -0.718. The van der Waals surface area contributed by atoms with Gasteiger partial charge in [-0.1, -0.05) is 17.2 Å². The standard InChI is InChI=1S/C21H24N6O4/c1-27-11-10-17(26-27)23-21-25-24-20(31-21)19(30)22-16-8-6-15(7-9-16)14-4-2-13(3-5-14)12-18(28)29/h6-11,13-14H,2-5,12H2,1H3,(H,22,30)(H,28,29)(H,23,25,26)/t13-,14-. The summed E-state index contributed by atoms with van der Waals surface area (Å²) in [6.45, 7) is 0. The molecule has 4 rings (SSSR count). The molecule has 2 aromatic heterocycles. The van der Waals surface area contributed by atoms with E-state index in [-0.39, 0.29) is 24.2 Å². The van der Waals surface area contributed by atoms with Gasteiger partial charge in [0.25, 0.3) is 0 Å². The molecule has 162 valence electrons. The zero-order chi connectivity index (χ0) is 21.8. The molecule has 1 saturated carbocycles. The normalized spacial score (nSPS) is 18.5. The number of aromatic nitrogens is 4. The predicted octanol–water partition coefficient (Wildman–Crippen LogP) is 3.55. The van der Waals surface area contributed by atoms with E-state index in [4.69, 9.17) is 9.52 Å². The van der Waals surface area contributed by atoms with Crippen LogP contribution in [0.5, 0.6) is 0 Å². The molecule has 1 aromatic carbocycles. The van der Waals surface area contributed by atoms with Crippen molar-refractivity contribution in [3.63, 3.8) is 0 Å². The van der Waals surface area contributed by atoms with Crippen LogP contribution in [0.3, 0.4) is 0 Å². The molecule has 2 heterocycles. The molecule has 0 atom stereocenters. The summed E-state index contributed by atoms with van der Waals surface area (Å²) < 4.78 is 6.97. The largest absolute Gasteiger partial charge is 0.481 e. The van der Waals surface area contributed by atoms with Gasteiger partial charge in [0.1, 0.15) is 0 Å². The molecule has 0 saturated heterocycles. The lowest BCUT2D eigenvalue weighted by Crippen LogP contribution is -2.16. The maximum atomic E-state index is 12.4. The van der Waals surface area contributed by atoms with Crippen LogP contribution in [0.2, 0.25) is 0 Å². The van der Waals surface area contributed by atoms with Gasteiger partial charge in [-0.25, -0.2) is 0 Å². The van der Waals surface area contributed by atoms with Crippen molar-refractivity contribution in [3.8, 4) is 0 Å². The lowest BCUT2D eigenvalue weighted by atomic mass is 9.77. The van der Waals surface area contributed by atoms with Gasteiger partial charge in [0, 0.05) is 31.4 Å². The van der Waals surface area contributed by atoms with Crippen LogP contribution in [-0.4, -0.2) is 37.0 Å². The number of amides is 1. The van der Waals surface area contributed by atoms with Crippen molar-refractivity contribution in [2.45, 2.75) is 38.0 Å². The Hall–Kier alpha value is -3.69. The number of aliphatic carboxylic acids is 1. The highest BCUT2D eigenvalue weighted by Crippen LogP contribution is 2.37. The third kappa shape index (κ3) is 5.27. The maximum Gasteiger partial charge on any atom is 0.321 e. The summed E-state index contributed by atoms with van der Waals surface area (Å²) in [6.07, 6.45) is 5.85.